The van der Waals surface area contributed by atoms with Gasteiger partial charge in [0.15, 0.2) is 11.1 Å². The van der Waals surface area contributed by atoms with E-state index in [0.717, 1.165) is 48.1 Å². The van der Waals surface area contributed by atoms with Crippen LogP contribution in [0.3, 0.4) is 0 Å². The standard InChI is InChI=1S/C26H35N9O5S3/c27-16-6-10-35(11-7-16)26-32-18(15-42-26)14-31-17-3-1-4-19(13-17)43(39,40)34-20-8-12-41-22(20)23(36)33-21(24(37)38)5-2-9-30-25(28)29/h1,3-4,8,12-13,15-16,21,31,34H,2,5-7,9-11,14,27H2,(H,33,36)(H,37,38)(H4,28,29,30). The van der Waals surface area contributed by atoms with Crippen LogP contribution in [0, 0.1) is 0 Å². The number of thiazole rings is 1. The summed E-state index contributed by atoms with van der Waals surface area (Å²) in [6, 6.07) is 6.78. The van der Waals surface area contributed by atoms with E-state index in [9.17, 15) is 23.1 Å². The number of carboxylic acids is 1. The summed E-state index contributed by atoms with van der Waals surface area (Å²) in [5, 5.41) is 19.6. The largest absolute Gasteiger partial charge is 0.480 e. The first-order valence-corrected chi connectivity index (χ1v) is 16.7. The van der Waals surface area contributed by atoms with Gasteiger partial charge in [-0.05, 0) is 55.3 Å². The molecule has 0 aliphatic carbocycles. The van der Waals surface area contributed by atoms with Crippen molar-refractivity contribution in [3.05, 3.63) is 51.7 Å². The Labute approximate surface area is 257 Å². The third-order valence-corrected chi connectivity index (χ3v) is 9.86. The number of thiophene rings is 1. The zero-order valence-electron chi connectivity index (χ0n) is 23.2. The Morgan fingerprint density at radius 1 is 1.19 bits per heavy atom. The Hall–Kier alpha value is -3.93. The summed E-state index contributed by atoms with van der Waals surface area (Å²) in [5.41, 5.74) is 18.0. The molecule has 1 aliphatic heterocycles. The topological polar surface area (TPSA) is 231 Å². The number of piperidine rings is 1. The van der Waals surface area contributed by atoms with Gasteiger partial charge >= 0.3 is 5.97 Å². The lowest BCUT2D eigenvalue weighted by atomic mass is 10.1. The summed E-state index contributed by atoms with van der Waals surface area (Å²) in [6.45, 7) is 2.37. The van der Waals surface area contributed by atoms with E-state index in [1.165, 1.54) is 18.2 Å². The van der Waals surface area contributed by atoms with E-state index in [-0.39, 0.29) is 40.4 Å². The summed E-state index contributed by atoms with van der Waals surface area (Å²) in [6.07, 6.45) is 2.27. The van der Waals surface area contributed by atoms with E-state index in [4.69, 9.17) is 22.2 Å². The van der Waals surface area contributed by atoms with Gasteiger partial charge in [-0.15, -0.1) is 22.7 Å². The molecule has 2 aromatic heterocycles. The van der Waals surface area contributed by atoms with Gasteiger partial charge in [0.1, 0.15) is 10.9 Å². The number of hydrogen-bond acceptors (Lipinski definition) is 11. The number of amides is 1. The maximum absolute atomic E-state index is 13.2. The number of carbonyl (C=O) groups is 2. The third kappa shape index (κ3) is 9.03. The van der Waals surface area contributed by atoms with Gasteiger partial charge in [0.05, 0.1) is 22.8 Å². The molecule has 10 N–H and O–H groups in total. The van der Waals surface area contributed by atoms with E-state index in [0.29, 0.717) is 18.7 Å². The van der Waals surface area contributed by atoms with Crippen LogP contribution in [0.2, 0.25) is 0 Å². The predicted octanol–water partition coefficient (Wildman–Crippen LogP) is 1.78. The van der Waals surface area contributed by atoms with Gasteiger partial charge in [-0.1, -0.05) is 6.07 Å². The molecule has 3 heterocycles. The van der Waals surface area contributed by atoms with Crippen molar-refractivity contribution in [1.29, 1.82) is 0 Å². The van der Waals surface area contributed by atoms with E-state index in [2.05, 4.69) is 25.2 Å². The van der Waals surface area contributed by atoms with Crippen molar-refractivity contribution in [3.8, 4) is 0 Å². The van der Waals surface area contributed by atoms with Gasteiger partial charge in [0.25, 0.3) is 15.9 Å². The molecule has 232 valence electrons. The van der Waals surface area contributed by atoms with Crippen LogP contribution >= 0.6 is 22.7 Å². The molecule has 0 bridgehead atoms. The first-order chi connectivity index (χ1) is 20.5. The normalized spacial score (nSPS) is 14.6. The average Bonchev–Trinajstić information content (AvgIpc) is 3.63. The number of nitrogens with zero attached hydrogens (tertiary/aromatic N) is 3. The van der Waals surface area contributed by atoms with Gasteiger partial charge in [-0.25, -0.2) is 18.2 Å². The number of aliphatic carboxylic acids is 1. The Bertz CT molecular complexity index is 1540. The van der Waals surface area contributed by atoms with Gasteiger partial charge in [0.2, 0.25) is 0 Å². The number of nitrogens with two attached hydrogens (primary N) is 3. The van der Waals surface area contributed by atoms with Gasteiger partial charge in [-0.2, -0.15) is 0 Å². The number of aromatic nitrogens is 1. The van der Waals surface area contributed by atoms with Crippen LogP contribution in [0.25, 0.3) is 0 Å². The lowest BCUT2D eigenvalue weighted by Crippen LogP contribution is -2.40. The monoisotopic (exact) mass is 649 g/mol. The van der Waals surface area contributed by atoms with Crippen molar-refractivity contribution < 1.29 is 23.1 Å². The minimum Gasteiger partial charge on any atom is -0.480 e. The second kappa shape index (κ2) is 14.5. The van der Waals surface area contributed by atoms with E-state index in [1.54, 1.807) is 28.8 Å². The smallest absolute Gasteiger partial charge is 0.326 e. The minimum absolute atomic E-state index is 0.0122. The number of anilines is 3. The highest BCUT2D eigenvalue weighted by molar-refractivity contribution is 7.92. The Morgan fingerprint density at radius 2 is 1.95 bits per heavy atom. The number of nitrogens with one attached hydrogen (secondary N) is 3. The van der Waals surface area contributed by atoms with Crippen LogP contribution in [0.4, 0.5) is 16.5 Å². The van der Waals surface area contributed by atoms with Crippen LogP contribution in [0.15, 0.2) is 51.0 Å². The number of sulfonamides is 1. The molecule has 17 heteroatoms. The molecular weight excluding hydrogens is 615 g/mol. The molecule has 4 rings (SSSR count). The molecule has 1 aromatic carbocycles. The third-order valence-electron chi connectivity index (χ3n) is 6.63. The van der Waals surface area contributed by atoms with Crippen LogP contribution in [-0.4, -0.2) is 68.1 Å². The highest BCUT2D eigenvalue weighted by atomic mass is 32.2. The predicted molar refractivity (Wildman–Crippen MR) is 169 cm³/mol. The molecule has 3 aromatic rings. The van der Waals surface area contributed by atoms with Gasteiger partial charge in [-0.3, -0.25) is 14.5 Å². The molecule has 1 aliphatic rings. The molecule has 0 radical (unpaired) electrons. The first kappa shape index (κ1) is 32.0. The van der Waals surface area contributed by atoms with Crippen molar-refractivity contribution in [2.75, 3.05) is 34.6 Å². The molecule has 43 heavy (non-hydrogen) atoms. The number of guanidine groups is 1. The number of hydrogen-bond donors (Lipinski definition) is 7. The number of aliphatic imine (C=N–C) groups is 1. The molecule has 0 spiro atoms. The van der Waals surface area contributed by atoms with Crippen molar-refractivity contribution in [2.24, 2.45) is 22.2 Å². The molecule has 1 unspecified atom stereocenters. The summed E-state index contributed by atoms with van der Waals surface area (Å²) in [4.78, 5) is 35.3. The summed E-state index contributed by atoms with van der Waals surface area (Å²) in [5.74, 6) is -2.06. The minimum atomic E-state index is -4.08. The Kier molecular flexibility index (Phi) is 10.8. The fraction of sp³-hybridized carbons (Fsp3) is 0.385. The Morgan fingerprint density at radius 3 is 2.67 bits per heavy atom. The lowest BCUT2D eigenvalue weighted by Gasteiger charge is -2.29. The second-order valence-corrected chi connectivity index (χ2v) is 13.3. The molecule has 14 nitrogen and oxygen atoms in total. The summed E-state index contributed by atoms with van der Waals surface area (Å²) < 4.78 is 28.9. The summed E-state index contributed by atoms with van der Waals surface area (Å²) >= 11 is 2.55. The van der Waals surface area contributed by atoms with Crippen molar-refractivity contribution >= 4 is 67.0 Å². The molecule has 1 fully saturated rings. The number of rotatable bonds is 14. The van der Waals surface area contributed by atoms with E-state index >= 15 is 0 Å². The SMILES string of the molecule is NC(N)=NCCCC(NC(=O)c1sccc1NS(=O)(=O)c1cccc(NCc2csc(N3CCC(N)CC3)n2)c1)C(=O)O. The number of carboxylic acid groups (broad SMARTS) is 1. The molecule has 1 saturated heterocycles. The molecule has 1 amide bonds. The van der Waals surface area contributed by atoms with Crippen LogP contribution in [0.5, 0.6) is 0 Å². The van der Waals surface area contributed by atoms with Gasteiger partial charge < -0.3 is 37.8 Å². The number of benzene rings is 1. The maximum Gasteiger partial charge on any atom is 0.326 e. The second-order valence-electron chi connectivity index (χ2n) is 9.91. The zero-order chi connectivity index (χ0) is 31.0. The van der Waals surface area contributed by atoms with Crippen LogP contribution in [-0.2, 0) is 21.4 Å². The fourth-order valence-corrected chi connectivity index (χ4v) is 7.15. The van der Waals surface area contributed by atoms with E-state index in [1.807, 2.05) is 5.38 Å². The first-order valence-electron chi connectivity index (χ1n) is 13.5. The highest BCUT2D eigenvalue weighted by Gasteiger charge is 2.25. The fourth-order valence-electron chi connectivity index (χ4n) is 4.33. The molecular formula is C26H35N9O5S3. The summed E-state index contributed by atoms with van der Waals surface area (Å²) in [7, 11) is -4.08. The van der Waals surface area contributed by atoms with Gasteiger partial charge in [0, 0.05) is 36.7 Å². The maximum atomic E-state index is 13.2. The Balaban J connectivity index is 1.37. The zero-order valence-corrected chi connectivity index (χ0v) is 25.7. The van der Waals surface area contributed by atoms with Crippen molar-refractivity contribution in [2.45, 2.75) is 49.2 Å². The van der Waals surface area contributed by atoms with Crippen molar-refractivity contribution in [1.82, 2.24) is 10.3 Å². The molecule has 1 atom stereocenters. The van der Waals surface area contributed by atoms with Crippen LogP contribution in [0.1, 0.15) is 41.0 Å². The average molecular weight is 650 g/mol. The van der Waals surface area contributed by atoms with E-state index < -0.39 is 27.9 Å². The van der Waals surface area contributed by atoms with Crippen molar-refractivity contribution in [3.63, 3.8) is 0 Å². The quantitative estimate of drug-likeness (QED) is 0.0756. The highest BCUT2D eigenvalue weighted by Crippen LogP contribution is 2.27. The number of carbonyl (C=O) groups excluding carboxylic acids is 1. The molecule has 0 saturated carbocycles. The lowest BCUT2D eigenvalue weighted by molar-refractivity contribution is -0.139. The van der Waals surface area contributed by atoms with Crippen LogP contribution < -0.4 is 37.5 Å².